The minimum atomic E-state index is 0.0482. The van der Waals surface area contributed by atoms with Gasteiger partial charge in [0.1, 0.15) is 17.2 Å². The van der Waals surface area contributed by atoms with Crippen LogP contribution in [-0.4, -0.2) is 26.3 Å². The predicted octanol–water partition coefficient (Wildman–Crippen LogP) is 5.66. The van der Waals surface area contributed by atoms with Crippen molar-refractivity contribution >= 4 is 10.9 Å². The molecular formula is C25H23NO3. The Morgan fingerprint density at radius 2 is 1.55 bits per heavy atom. The largest absolute Gasteiger partial charge is 0.497 e. The molecule has 0 amide bonds. The summed E-state index contributed by atoms with van der Waals surface area (Å²) in [6.07, 6.45) is 0. The maximum Gasteiger partial charge on any atom is 0.127 e. The second kappa shape index (κ2) is 6.59. The van der Waals surface area contributed by atoms with Crippen LogP contribution in [-0.2, 0) is 0 Å². The van der Waals surface area contributed by atoms with Gasteiger partial charge in [-0.1, -0.05) is 24.3 Å². The van der Waals surface area contributed by atoms with Crippen molar-refractivity contribution in [1.29, 1.82) is 0 Å². The van der Waals surface area contributed by atoms with Crippen molar-refractivity contribution in [2.45, 2.75) is 12.8 Å². The van der Waals surface area contributed by atoms with Crippen molar-refractivity contribution in [3.8, 4) is 28.4 Å². The number of hydrogen-bond donors (Lipinski definition) is 1. The normalized spacial score (nSPS) is 14.6. The Kier molecular flexibility index (Phi) is 4.02. The lowest BCUT2D eigenvalue weighted by Gasteiger charge is -2.18. The third-order valence-corrected chi connectivity index (χ3v) is 5.95. The topological polar surface area (TPSA) is 43.5 Å². The molecule has 0 spiro atoms. The van der Waals surface area contributed by atoms with Gasteiger partial charge in [-0.05, 0) is 53.4 Å². The molecule has 0 bridgehead atoms. The zero-order valence-electron chi connectivity index (χ0n) is 17.0. The van der Waals surface area contributed by atoms with Crippen molar-refractivity contribution in [3.63, 3.8) is 0 Å². The highest BCUT2D eigenvalue weighted by Crippen LogP contribution is 2.55. The number of para-hydroxylation sites is 1. The van der Waals surface area contributed by atoms with E-state index in [1.54, 1.807) is 21.3 Å². The zero-order valence-corrected chi connectivity index (χ0v) is 17.0. The van der Waals surface area contributed by atoms with Crippen LogP contribution in [0.1, 0.15) is 28.3 Å². The van der Waals surface area contributed by atoms with Gasteiger partial charge in [0.25, 0.3) is 0 Å². The molecule has 1 heterocycles. The first-order chi connectivity index (χ1) is 14.2. The van der Waals surface area contributed by atoms with E-state index in [0.717, 1.165) is 34.0 Å². The van der Waals surface area contributed by atoms with Crippen molar-refractivity contribution < 1.29 is 14.2 Å². The lowest BCUT2D eigenvalue weighted by atomic mass is 9.87. The number of hydrogen-bond acceptors (Lipinski definition) is 3. The Hall–Kier alpha value is -3.40. The first-order valence-electron chi connectivity index (χ1n) is 9.67. The number of nitrogens with one attached hydrogen (secondary N) is 1. The van der Waals surface area contributed by atoms with Gasteiger partial charge in [0.2, 0.25) is 0 Å². The Morgan fingerprint density at radius 3 is 2.31 bits per heavy atom. The highest BCUT2D eigenvalue weighted by Gasteiger charge is 2.36. The van der Waals surface area contributed by atoms with Crippen LogP contribution < -0.4 is 14.2 Å². The second-order valence-electron chi connectivity index (χ2n) is 7.39. The molecule has 1 atom stereocenters. The first-order valence-corrected chi connectivity index (χ1v) is 9.67. The van der Waals surface area contributed by atoms with Crippen molar-refractivity contribution in [2.75, 3.05) is 21.3 Å². The Morgan fingerprint density at radius 1 is 0.759 bits per heavy atom. The Bertz CT molecular complexity index is 1240. The summed E-state index contributed by atoms with van der Waals surface area (Å²) < 4.78 is 17.0. The van der Waals surface area contributed by atoms with Crippen LogP contribution in [0.4, 0.5) is 0 Å². The number of fused-ring (bicyclic) bond motifs is 4. The zero-order chi connectivity index (χ0) is 20.1. The summed E-state index contributed by atoms with van der Waals surface area (Å²) in [5.41, 5.74) is 8.31. The number of aromatic nitrogens is 1. The molecule has 0 unspecified atom stereocenters. The maximum atomic E-state index is 5.85. The number of rotatable bonds is 4. The SMILES string of the molecule is COc1cc(OC)c2c(c1)-c1ccc(OC)cc1[C@@H]2c1c(C)[nH]c2ccccc12. The summed E-state index contributed by atoms with van der Waals surface area (Å²) in [7, 11) is 5.11. The van der Waals surface area contributed by atoms with Gasteiger partial charge in [-0.15, -0.1) is 0 Å². The quantitative estimate of drug-likeness (QED) is 0.434. The number of methoxy groups -OCH3 is 3. The molecule has 4 nitrogen and oxygen atoms in total. The van der Waals surface area contributed by atoms with E-state index in [2.05, 4.69) is 54.4 Å². The van der Waals surface area contributed by atoms with Gasteiger partial charge in [-0.2, -0.15) is 0 Å². The third kappa shape index (κ3) is 2.52. The molecule has 1 aliphatic rings. The smallest absolute Gasteiger partial charge is 0.127 e. The van der Waals surface area contributed by atoms with E-state index in [1.165, 1.54) is 27.6 Å². The van der Waals surface area contributed by atoms with Crippen LogP contribution in [0, 0.1) is 6.92 Å². The number of aryl methyl sites for hydroxylation is 1. The molecule has 5 rings (SSSR count). The van der Waals surface area contributed by atoms with Gasteiger partial charge in [-0.25, -0.2) is 0 Å². The molecule has 1 N–H and O–H groups in total. The van der Waals surface area contributed by atoms with Gasteiger partial charge >= 0.3 is 0 Å². The molecule has 29 heavy (non-hydrogen) atoms. The van der Waals surface area contributed by atoms with Crippen LogP contribution in [0.25, 0.3) is 22.0 Å². The average molecular weight is 385 g/mol. The third-order valence-electron chi connectivity index (χ3n) is 5.95. The fourth-order valence-corrected chi connectivity index (χ4v) is 4.69. The summed E-state index contributed by atoms with van der Waals surface area (Å²) in [6.45, 7) is 2.14. The minimum Gasteiger partial charge on any atom is -0.497 e. The van der Waals surface area contributed by atoms with Crippen LogP contribution >= 0.6 is 0 Å². The molecular weight excluding hydrogens is 362 g/mol. The van der Waals surface area contributed by atoms with Crippen LogP contribution in [0.3, 0.4) is 0 Å². The predicted molar refractivity (Wildman–Crippen MR) is 116 cm³/mol. The molecule has 1 aliphatic carbocycles. The molecule has 146 valence electrons. The van der Waals surface area contributed by atoms with Crippen molar-refractivity contribution in [2.24, 2.45) is 0 Å². The average Bonchev–Trinajstić information content (AvgIpc) is 3.25. The number of ether oxygens (including phenoxy) is 3. The molecule has 4 aromatic rings. The van der Waals surface area contributed by atoms with E-state index in [1.807, 2.05) is 12.1 Å². The lowest BCUT2D eigenvalue weighted by molar-refractivity contribution is 0.391. The second-order valence-corrected chi connectivity index (χ2v) is 7.39. The molecule has 0 fully saturated rings. The number of aromatic amines is 1. The molecule has 0 saturated carbocycles. The van der Waals surface area contributed by atoms with E-state index in [-0.39, 0.29) is 5.92 Å². The van der Waals surface area contributed by atoms with Crippen LogP contribution in [0.15, 0.2) is 54.6 Å². The van der Waals surface area contributed by atoms with Gasteiger partial charge in [0.05, 0.1) is 21.3 Å². The Balaban J connectivity index is 1.88. The summed E-state index contributed by atoms with van der Waals surface area (Å²) in [6, 6.07) is 18.8. The number of benzene rings is 3. The summed E-state index contributed by atoms with van der Waals surface area (Å²) in [5, 5.41) is 1.23. The molecule has 1 aromatic heterocycles. The standard InChI is InChI=1S/C25H23NO3/c1-14-23(18-7-5-6-8-21(18)26-14)25-20-11-15(27-2)9-10-17(20)19-12-16(28-3)13-22(29-4)24(19)25/h5-13,25-26H,1-4H3/t25-/m1/s1. The summed E-state index contributed by atoms with van der Waals surface area (Å²) in [4.78, 5) is 3.56. The van der Waals surface area contributed by atoms with Crippen LogP contribution in [0.2, 0.25) is 0 Å². The van der Waals surface area contributed by atoms with Crippen molar-refractivity contribution in [3.05, 3.63) is 77.0 Å². The molecule has 0 radical (unpaired) electrons. The first kappa shape index (κ1) is 17.7. The monoisotopic (exact) mass is 385 g/mol. The van der Waals surface area contributed by atoms with E-state index < -0.39 is 0 Å². The molecule has 3 aromatic carbocycles. The minimum absolute atomic E-state index is 0.0482. The Labute approximate surface area is 170 Å². The van der Waals surface area contributed by atoms with E-state index in [4.69, 9.17) is 14.2 Å². The molecule has 0 aliphatic heterocycles. The van der Waals surface area contributed by atoms with E-state index in [0.29, 0.717) is 0 Å². The summed E-state index contributed by atoms with van der Waals surface area (Å²) >= 11 is 0. The summed E-state index contributed by atoms with van der Waals surface area (Å²) in [5.74, 6) is 2.53. The van der Waals surface area contributed by atoms with Gasteiger partial charge in [0.15, 0.2) is 0 Å². The maximum absolute atomic E-state index is 5.85. The van der Waals surface area contributed by atoms with Gasteiger partial charge < -0.3 is 19.2 Å². The highest BCUT2D eigenvalue weighted by molar-refractivity contribution is 5.91. The van der Waals surface area contributed by atoms with Gasteiger partial charge in [-0.3, -0.25) is 0 Å². The lowest BCUT2D eigenvalue weighted by Crippen LogP contribution is -2.03. The fourth-order valence-electron chi connectivity index (χ4n) is 4.69. The van der Waals surface area contributed by atoms with Crippen molar-refractivity contribution in [1.82, 2.24) is 4.98 Å². The number of H-pyrrole nitrogens is 1. The highest BCUT2D eigenvalue weighted by atomic mass is 16.5. The van der Waals surface area contributed by atoms with E-state index in [9.17, 15) is 0 Å². The fraction of sp³-hybridized carbons (Fsp3) is 0.200. The van der Waals surface area contributed by atoms with E-state index >= 15 is 0 Å². The molecule has 4 heteroatoms. The van der Waals surface area contributed by atoms with Gasteiger partial charge in [0, 0.05) is 34.1 Å². The van der Waals surface area contributed by atoms with Crippen LogP contribution in [0.5, 0.6) is 17.2 Å². The molecule has 0 saturated heterocycles.